The van der Waals surface area contributed by atoms with Gasteiger partial charge >= 0.3 is 0 Å². The summed E-state index contributed by atoms with van der Waals surface area (Å²) in [7, 11) is 0. The van der Waals surface area contributed by atoms with E-state index in [9.17, 15) is 0 Å². The molecule has 6 nitrogen and oxygen atoms in total. The lowest BCUT2D eigenvalue weighted by Gasteiger charge is -2.06. The van der Waals surface area contributed by atoms with Crippen LogP contribution in [-0.4, -0.2) is 24.8 Å². The van der Waals surface area contributed by atoms with Gasteiger partial charge in [0.25, 0.3) is 0 Å². The van der Waals surface area contributed by atoms with Crippen molar-refractivity contribution in [1.29, 1.82) is 0 Å². The van der Waals surface area contributed by atoms with Crippen LogP contribution in [0.4, 0.5) is 0 Å². The van der Waals surface area contributed by atoms with Crippen LogP contribution >= 0.6 is 34.5 Å². The van der Waals surface area contributed by atoms with Crippen molar-refractivity contribution in [3.8, 4) is 44.7 Å². The largest absolute Gasteiger partial charge is 0.454 e. The lowest BCUT2D eigenvalue weighted by molar-refractivity contribution is 0.595. The van der Waals surface area contributed by atoms with Crippen LogP contribution in [0.15, 0.2) is 89.3 Å². The summed E-state index contributed by atoms with van der Waals surface area (Å²) in [5, 5.41) is 16.5. The Hall–Kier alpha value is -4.04. The molecule has 184 valence electrons. The summed E-state index contributed by atoms with van der Waals surface area (Å²) in [5.74, 6) is 2.02. The number of benzene rings is 3. The number of hydrogen-bond donors (Lipinski definition) is 0. The molecule has 9 heteroatoms. The summed E-state index contributed by atoms with van der Waals surface area (Å²) in [5.41, 5.74) is 5.48. The minimum absolute atomic E-state index is 0.474. The second-order valence-corrected chi connectivity index (χ2v) is 10.6. The second kappa shape index (κ2) is 9.06. The van der Waals surface area contributed by atoms with Gasteiger partial charge in [-0.3, -0.25) is 0 Å². The molecule has 0 aliphatic heterocycles. The van der Waals surface area contributed by atoms with Gasteiger partial charge in [-0.1, -0.05) is 82.6 Å². The van der Waals surface area contributed by atoms with E-state index in [0.717, 1.165) is 37.6 Å². The number of nitrogens with zero attached hydrogens (tertiary/aromatic N) is 5. The topological polar surface area (TPSA) is 69.1 Å². The molecule has 0 saturated carbocycles. The van der Waals surface area contributed by atoms with Crippen LogP contribution in [0.2, 0.25) is 10.0 Å². The van der Waals surface area contributed by atoms with Crippen LogP contribution in [0.3, 0.4) is 0 Å². The highest BCUT2D eigenvalue weighted by Crippen LogP contribution is 2.37. The molecule has 0 fully saturated rings. The monoisotopic (exact) mass is 553 g/mol. The van der Waals surface area contributed by atoms with Crippen molar-refractivity contribution in [2.24, 2.45) is 0 Å². The Labute approximate surface area is 231 Å². The Morgan fingerprint density at radius 3 is 2.42 bits per heavy atom. The number of hydrogen-bond acceptors (Lipinski definition) is 6. The third-order valence-electron chi connectivity index (χ3n) is 6.31. The molecule has 7 rings (SSSR count). The van der Waals surface area contributed by atoms with Gasteiger partial charge in [-0.25, -0.2) is 4.98 Å². The first-order chi connectivity index (χ1) is 18.5. The van der Waals surface area contributed by atoms with Crippen molar-refractivity contribution in [3.05, 3.63) is 101 Å². The number of aromatic nitrogens is 5. The fourth-order valence-corrected chi connectivity index (χ4v) is 5.53. The number of para-hydroxylation sites is 1. The number of fused-ring (bicyclic) bond motifs is 2. The lowest BCUT2D eigenvalue weighted by Crippen LogP contribution is -1.92. The number of furan rings is 1. The molecule has 0 unspecified atom stereocenters. The SMILES string of the molecule is Cc1ccc(-c2nnc3sc(-c4cc(-c5ccc(-c6ccc(Cl)c(Cl)c6)o5)nc5ccccc45)nn23)cc1. The van der Waals surface area contributed by atoms with Crippen molar-refractivity contribution in [1.82, 2.24) is 24.8 Å². The van der Waals surface area contributed by atoms with E-state index < -0.39 is 0 Å². The highest BCUT2D eigenvalue weighted by atomic mass is 35.5. The van der Waals surface area contributed by atoms with Crippen LogP contribution in [0.1, 0.15) is 5.56 Å². The Balaban J connectivity index is 1.35. The highest BCUT2D eigenvalue weighted by molar-refractivity contribution is 7.20. The predicted octanol–water partition coefficient (Wildman–Crippen LogP) is 8.61. The maximum Gasteiger partial charge on any atom is 0.235 e. The summed E-state index contributed by atoms with van der Waals surface area (Å²) < 4.78 is 8.01. The number of halogens is 2. The first-order valence-corrected chi connectivity index (χ1v) is 13.4. The Morgan fingerprint density at radius 1 is 0.789 bits per heavy atom. The summed E-state index contributed by atoms with van der Waals surface area (Å²) in [4.78, 5) is 5.61. The van der Waals surface area contributed by atoms with Gasteiger partial charge in [-0.2, -0.15) is 9.61 Å². The molecule has 0 aliphatic carbocycles. The maximum atomic E-state index is 6.22. The van der Waals surface area contributed by atoms with Gasteiger partial charge in [0.15, 0.2) is 11.6 Å². The molecular formula is C29H17Cl2N5OS. The van der Waals surface area contributed by atoms with E-state index in [0.29, 0.717) is 33.1 Å². The molecule has 0 atom stereocenters. The highest BCUT2D eigenvalue weighted by Gasteiger charge is 2.19. The first kappa shape index (κ1) is 23.1. The van der Waals surface area contributed by atoms with Gasteiger partial charge in [0.2, 0.25) is 4.96 Å². The van der Waals surface area contributed by atoms with E-state index in [1.807, 2.05) is 60.7 Å². The zero-order valence-electron chi connectivity index (χ0n) is 19.9. The second-order valence-electron chi connectivity index (χ2n) is 8.86. The summed E-state index contributed by atoms with van der Waals surface area (Å²) in [6.07, 6.45) is 0. The van der Waals surface area contributed by atoms with Gasteiger partial charge in [-0.15, -0.1) is 10.2 Å². The van der Waals surface area contributed by atoms with Crippen molar-refractivity contribution >= 4 is 50.4 Å². The zero-order chi connectivity index (χ0) is 25.8. The fraction of sp³-hybridized carbons (Fsp3) is 0.0345. The summed E-state index contributed by atoms with van der Waals surface area (Å²) >= 11 is 13.8. The Bertz CT molecular complexity index is 1970. The molecule has 0 bridgehead atoms. The van der Waals surface area contributed by atoms with Crippen molar-refractivity contribution < 1.29 is 4.42 Å². The maximum absolute atomic E-state index is 6.22. The number of rotatable bonds is 4. The van der Waals surface area contributed by atoms with Crippen molar-refractivity contribution in [3.63, 3.8) is 0 Å². The molecule has 0 spiro atoms. The van der Waals surface area contributed by atoms with Crippen LogP contribution in [0.25, 0.3) is 60.6 Å². The molecule has 4 heterocycles. The summed E-state index contributed by atoms with van der Waals surface area (Å²) in [6.45, 7) is 2.06. The van der Waals surface area contributed by atoms with Crippen LogP contribution in [0.5, 0.6) is 0 Å². The summed E-state index contributed by atoms with van der Waals surface area (Å²) in [6, 6.07) is 27.4. The molecule has 0 aliphatic rings. The standard InChI is InChI=1S/C29H17Cl2N5OS/c1-16-6-8-17(9-7-16)27-33-34-29-36(27)35-28(38-29)20-15-24(32-23-5-3-2-4-19(20)23)26-13-12-25(37-26)18-10-11-21(30)22(31)14-18/h2-15H,1H3. The molecular weight excluding hydrogens is 537 g/mol. The third kappa shape index (κ3) is 3.96. The molecule has 0 amide bonds. The molecule has 3 aromatic carbocycles. The third-order valence-corrected chi connectivity index (χ3v) is 7.98. The number of aryl methyl sites for hydroxylation is 1. The zero-order valence-corrected chi connectivity index (χ0v) is 22.2. The van der Waals surface area contributed by atoms with Crippen LogP contribution < -0.4 is 0 Å². The minimum Gasteiger partial charge on any atom is -0.454 e. The molecule has 0 saturated heterocycles. The van der Waals surface area contributed by atoms with E-state index >= 15 is 0 Å². The molecule has 38 heavy (non-hydrogen) atoms. The van der Waals surface area contributed by atoms with Crippen molar-refractivity contribution in [2.45, 2.75) is 6.92 Å². The average molecular weight is 554 g/mol. The van der Waals surface area contributed by atoms with E-state index in [2.05, 4.69) is 29.3 Å². The average Bonchev–Trinajstić information content (AvgIpc) is 3.67. The minimum atomic E-state index is 0.474. The van der Waals surface area contributed by atoms with Gasteiger partial charge in [-0.05, 0) is 49.4 Å². The molecule has 4 aromatic heterocycles. The molecule has 0 N–H and O–H groups in total. The van der Waals surface area contributed by atoms with Gasteiger partial charge in [0, 0.05) is 22.1 Å². The Kier molecular flexibility index (Phi) is 5.51. The van der Waals surface area contributed by atoms with Gasteiger partial charge < -0.3 is 4.42 Å². The predicted molar refractivity (Wildman–Crippen MR) is 153 cm³/mol. The van der Waals surface area contributed by atoms with Gasteiger partial charge in [0.1, 0.15) is 16.5 Å². The van der Waals surface area contributed by atoms with Crippen LogP contribution in [0, 0.1) is 6.92 Å². The van der Waals surface area contributed by atoms with E-state index in [1.165, 1.54) is 16.9 Å². The van der Waals surface area contributed by atoms with Crippen molar-refractivity contribution in [2.75, 3.05) is 0 Å². The van der Waals surface area contributed by atoms with E-state index in [-0.39, 0.29) is 0 Å². The fourth-order valence-electron chi connectivity index (χ4n) is 4.37. The first-order valence-electron chi connectivity index (χ1n) is 11.8. The quantitative estimate of drug-likeness (QED) is 0.218. The lowest BCUT2D eigenvalue weighted by atomic mass is 10.1. The van der Waals surface area contributed by atoms with E-state index in [4.69, 9.17) is 37.7 Å². The number of pyridine rings is 1. The molecule has 7 aromatic rings. The normalized spacial score (nSPS) is 11.6. The Morgan fingerprint density at radius 2 is 1.58 bits per heavy atom. The molecule has 0 radical (unpaired) electrons. The van der Waals surface area contributed by atoms with Crippen LogP contribution in [-0.2, 0) is 0 Å². The van der Waals surface area contributed by atoms with E-state index in [1.54, 1.807) is 16.6 Å². The smallest absolute Gasteiger partial charge is 0.235 e. The van der Waals surface area contributed by atoms with Gasteiger partial charge in [0.05, 0.1) is 15.6 Å².